The van der Waals surface area contributed by atoms with Gasteiger partial charge in [0.2, 0.25) is 0 Å². The van der Waals surface area contributed by atoms with Gasteiger partial charge in [-0.25, -0.2) is 4.39 Å². The Morgan fingerprint density at radius 2 is 1.95 bits per heavy atom. The quantitative estimate of drug-likeness (QED) is 0.840. The summed E-state index contributed by atoms with van der Waals surface area (Å²) in [4.78, 5) is 11.9. The zero-order chi connectivity index (χ0) is 14.4. The molecule has 0 radical (unpaired) electrons. The molecule has 0 atom stereocenters. The van der Waals surface area contributed by atoms with Gasteiger partial charge in [-0.15, -0.1) is 0 Å². The Bertz CT molecular complexity index is 674. The summed E-state index contributed by atoms with van der Waals surface area (Å²) in [5.74, 6) is 5.12. The van der Waals surface area contributed by atoms with E-state index in [1.54, 1.807) is 0 Å². The minimum absolute atomic E-state index is 0.234. The first-order chi connectivity index (χ1) is 9.66. The number of nitrogens with one attached hydrogen (secondary N) is 1. The largest absolute Gasteiger partial charge is 0.341 e. The first-order valence-corrected chi connectivity index (χ1v) is 6.73. The third kappa shape index (κ3) is 3.94. The molecule has 0 unspecified atom stereocenters. The number of rotatable bonds is 2. The molecule has 0 spiro atoms. The van der Waals surface area contributed by atoms with E-state index in [4.69, 9.17) is 0 Å². The number of benzene rings is 2. The molecule has 0 aromatic heterocycles. The van der Waals surface area contributed by atoms with E-state index in [1.807, 2.05) is 30.3 Å². The molecular weight excluding hydrogens is 321 g/mol. The van der Waals surface area contributed by atoms with Crippen molar-refractivity contribution in [2.75, 3.05) is 6.54 Å². The molecule has 0 aliphatic heterocycles. The zero-order valence-electron chi connectivity index (χ0n) is 10.5. The van der Waals surface area contributed by atoms with E-state index in [9.17, 15) is 9.18 Å². The number of carbonyl (C=O) groups is 1. The van der Waals surface area contributed by atoms with Gasteiger partial charge in [0.1, 0.15) is 5.82 Å². The third-order valence-corrected chi connectivity index (χ3v) is 3.18. The van der Waals surface area contributed by atoms with Crippen LogP contribution in [0.15, 0.2) is 53.0 Å². The molecule has 4 heteroatoms. The Kier molecular flexibility index (Phi) is 4.91. The second-order valence-electron chi connectivity index (χ2n) is 3.97. The second-order valence-corrected chi connectivity index (χ2v) is 4.83. The van der Waals surface area contributed by atoms with Crippen LogP contribution in [0.5, 0.6) is 0 Å². The highest BCUT2D eigenvalue weighted by Crippen LogP contribution is 2.17. The maximum atomic E-state index is 12.9. The first kappa shape index (κ1) is 14.3. The SMILES string of the molecule is O=C(NCC#Cc1ccccc1)c1ccc(F)cc1Br. The molecule has 2 aromatic rings. The van der Waals surface area contributed by atoms with Crippen molar-refractivity contribution in [3.63, 3.8) is 0 Å². The molecule has 0 fully saturated rings. The van der Waals surface area contributed by atoms with Crippen molar-refractivity contribution >= 4 is 21.8 Å². The van der Waals surface area contributed by atoms with E-state index < -0.39 is 5.82 Å². The lowest BCUT2D eigenvalue weighted by molar-refractivity contribution is 0.0958. The van der Waals surface area contributed by atoms with E-state index >= 15 is 0 Å². The van der Waals surface area contributed by atoms with Gasteiger partial charge in [-0.2, -0.15) is 0 Å². The van der Waals surface area contributed by atoms with Crippen molar-refractivity contribution in [1.29, 1.82) is 0 Å². The molecule has 2 rings (SSSR count). The molecule has 0 bridgehead atoms. The second kappa shape index (κ2) is 6.88. The van der Waals surface area contributed by atoms with E-state index in [1.165, 1.54) is 18.2 Å². The van der Waals surface area contributed by atoms with Gasteiger partial charge in [0.05, 0.1) is 12.1 Å². The molecule has 0 saturated heterocycles. The van der Waals surface area contributed by atoms with E-state index in [2.05, 4.69) is 33.1 Å². The summed E-state index contributed by atoms with van der Waals surface area (Å²) in [6, 6.07) is 13.4. The van der Waals surface area contributed by atoms with E-state index in [-0.39, 0.29) is 12.5 Å². The van der Waals surface area contributed by atoms with Gasteiger partial charge in [-0.05, 0) is 46.3 Å². The number of hydrogen-bond donors (Lipinski definition) is 1. The van der Waals surface area contributed by atoms with Crippen molar-refractivity contribution in [3.8, 4) is 11.8 Å². The Labute approximate surface area is 125 Å². The third-order valence-electron chi connectivity index (χ3n) is 2.52. The lowest BCUT2D eigenvalue weighted by Crippen LogP contribution is -2.24. The van der Waals surface area contributed by atoms with Crippen molar-refractivity contribution in [1.82, 2.24) is 5.32 Å². The van der Waals surface area contributed by atoms with Crippen LogP contribution in [0.4, 0.5) is 4.39 Å². The lowest BCUT2D eigenvalue weighted by atomic mass is 10.2. The Morgan fingerprint density at radius 1 is 1.20 bits per heavy atom. The summed E-state index contributed by atoms with van der Waals surface area (Å²) < 4.78 is 13.3. The Hall–Kier alpha value is -2.12. The smallest absolute Gasteiger partial charge is 0.253 e. The molecule has 100 valence electrons. The zero-order valence-corrected chi connectivity index (χ0v) is 12.1. The highest BCUT2D eigenvalue weighted by Gasteiger charge is 2.09. The van der Waals surface area contributed by atoms with Crippen LogP contribution in [-0.4, -0.2) is 12.5 Å². The molecule has 0 heterocycles. The van der Waals surface area contributed by atoms with Crippen LogP contribution in [-0.2, 0) is 0 Å². The summed E-state index contributed by atoms with van der Waals surface area (Å²) in [5.41, 5.74) is 1.28. The topological polar surface area (TPSA) is 29.1 Å². The molecule has 0 aliphatic carbocycles. The molecule has 2 nitrogen and oxygen atoms in total. The van der Waals surface area contributed by atoms with Crippen LogP contribution in [0.2, 0.25) is 0 Å². The highest BCUT2D eigenvalue weighted by molar-refractivity contribution is 9.10. The summed E-state index contributed by atoms with van der Waals surface area (Å²) in [6.07, 6.45) is 0. The number of carbonyl (C=O) groups excluding carboxylic acids is 1. The maximum absolute atomic E-state index is 12.9. The molecule has 0 aliphatic rings. The number of halogens is 2. The summed E-state index contributed by atoms with van der Waals surface area (Å²) in [6.45, 7) is 0.234. The van der Waals surface area contributed by atoms with Crippen molar-refractivity contribution in [2.24, 2.45) is 0 Å². The van der Waals surface area contributed by atoms with Gasteiger partial charge >= 0.3 is 0 Å². The fourth-order valence-electron chi connectivity index (χ4n) is 1.56. The molecular formula is C16H11BrFNO. The summed E-state index contributed by atoms with van der Waals surface area (Å²) >= 11 is 3.16. The first-order valence-electron chi connectivity index (χ1n) is 5.94. The predicted molar refractivity (Wildman–Crippen MR) is 79.8 cm³/mol. The molecule has 1 amide bonds. The van der Waals surface area contributed by atoms with Gasteiger partial charge in [0.25, 0.3) is 5.91 Å². The highest BCUT2D eigenvalue weighted by atomic mass is 79.9. The number of hydrogen-bond acceptors (Lipinski definition) is 1. The average molecular weight is 332 g/mol. The van der Waals surface area contributed by atoms with Crippen LogP contribution in [0.1, 0.15) is 15.9 Å². The van der Waals surface area contributed by atoms with E-state index in [0.29, 0.717) is 10.0 Å². The Balaban J connectivity index is 1.95. The monoisotopic (exact) mass is 331 g/mol. The van der Waals surface area contributed by atoms with Crippen LogP contribution in [0, 0.1) is 17.7 Å². The molecule has 1 N–H and O–H groups in total. The average Bonchev–Trinajstić information content (AvgIpc) is 2.44. The minimum atomic E-state index is -0.391. The van der Waals surface area contributed by atoms with Crippen molar-refractivity contribution in [2.45, 2.75) is 0 Å². The van der Waals surface area contributed by atoms with Crippen LogP contribution in [0.25, 0.3) is 0 Å². The van der Waals surface area contributed by atoms with Crippen molar-refractivity contribution < 1.29 is 9.18 Å². The predicted octanol–water partition coefficient (Wildman–Crippen LogP) is 3.37. The summed E-state index contributed by atoms with van der Waals surface area (Å²) in [5, 5.41) is 2.66. The van der Waals surface area contributed by atoms with Gasteiger partial charge < -0.3 is 5.32 Å². The van der Waals surface area contributed by atoms with Crippen LogP contribution in [0.3, 0.4) is 0 Å². The van der Waals surface area contributed by atoms with Gasteiger partial charge in [-0.1, -0.05) is 30.0 Å². The van der Waals surface area contributed by atoms with Gasteiger partial charge in [-0.3, -0.25) is 4.79 Å². The van der Waals surface area contributed by atoms with Crippen LogP contribution < -0.4 is 5.32 Å². The fourth-order valence-corrected chi connectivity index (χ4v) is 2.09. The Morgan fingerprint density at radius 3 is 2.65 bits per heavy atom. The minimum Gasteiger partial charge on any atom is -0.341 e. The molecule has 2 aromatic carbocycles. The van der Waals surface area contributed by atoms with Gasteiger partial charge in [0.15, 0.2) is 0 Å². The van der Waals surface area contributed by atoms with Crippen LogP contribution >= 0.6 is 15.9 Å². The molecule has 20 heavy (non-hydrogen) atoms. The maximum Gasteiger partial charge on any atom is 0.253 e. The number of amides is 1. The lowest BCUT2D eigenvalue weighted by Gasteiger charge is -2.03. The normalized spacial score (nSPS) is 9.50. The molecule has 0 saturated carbocycles. The summed E-state index contributed by atoms with van der Waals surface area (Å²) in [7, 11) is 0. The van der Waals surface area contributed by atoms with E-state index in [0.717, 1.165) is 5.56 Å². The fraction of sp³-hybridized carbons (Fsp3) is 0.0625. The standard InChI is InChI=1S/C16H11BrFNO/c17-15-11-13(18)8-9-14(15)16(20)19-10-4-7-12-5-2-1-3-6-12/h1-3,5-6,8-9,11H,10H2,(H,19,20). The van der Waals surface area contributed by atoms with Gasteiger partial charge in [0, 0.05) is 10.0 Å². The van der Waals surface area contributed by atoms with Crippen molar-refractivity contribution in [3.05, 3.63) is 69.9 Å².